The molecule has 31 heavy (non-hydrogen) atoms. The van der Waals surface area contributed by atoms with Gasteiger partial charge in [0.25, 0.3) is 0 Å². The van der Waals surface area contributed by atoms with Crippen molar-refractivity contribution in [2.45, 2.75) is 33.4 Å². The molecule has 2 aromatic rings. The fourth-order valence-electron chi connectivity index (χ4n) is 4.03. The van der Waals surface area contributed by atoms with Gasteiger partial charge in [0.2, 0.25) is 0 Å². The number of aliphatic imine (C=N–C) groups is 1. The molecule has 1 atom stereocenters. The van der Waals surface area contributed by atoms with E-state index < -0.39 is 0 Å². The summed E-state index contributed by atoms with van der Waals surface area (Å²) in [5.41, 5.74) is 3.89. The maximum absolute atomic E-state index is 5.63. The number of hydrogen-bond acceptors (Lipinski definition) is 7. The number of benzene rings is 2. The first-order chi connectivity index (χ1) is 15.1. The molecule has 3 rings (SSSR count). The van der Waals surface area contributed by atoms with Gasteiger partial charge in [0.1, 0.15) is 6.17 Å². The lowest BCUT2D eigenvalue weighted by molar-refractivity contribution is 0.242. The van der Waals surface area contributed by atoms with Crippen molar-refractivity contribution in [1.29, 1.82) is 0 Å². The summed E-state index contributed by atoms with van der Waals surface area (Å²) in [4.78, 5) is 5.18. The largest absolute Gasteiger partial charge is 0.493 e. The number of fused-ring (bicyclic) bond motifs is 1. The Morgan fingerprint density at radius 1 is 0.806 bits per heavy atom. The third-order valence-corrected chi connectivity index (χ3v) is 5.62. The molecule has 0 aliphatic carbocycles. The summed E-state index contributed by atoms with van der Waals surface area (Å²) in [5, 5.41) is 4.58. The monoisotopic (exact) mass is 427 g/mol. The summed E-state index contributed by atoms with van der Waals surface area (Å²) in [7, 11) is 6.59. The normalized spacial score (nSPS) is 15.4. The molecule has 0 saturated carbocycles. The molecule has 0 aromatic heterocycles. The Hall–Kier alpha value is -2.93. The zero-order chi connectivity index (χ0) is 22.5. The maximum atomic E-state index is 5.63. The van der Waals surface area contributed by atoms with Gasteiger partial charge < -0.3 is 18.9 Å². The molecule has 1 aliphatic heterocycles. The summed E-state index contributed by atoms with van der Waals surface area (Å²) < 4.78 is 22.2. The van der Waals surface area contributed by atoms with Crippen LogP contribution < -0.4 is 24.0 Å². The molecule has 0 bridgehead atoms. The van der Waals surface area contributed by atoms with Crippen LogP contribution in [0, 0.1) is 0 Å². The number of methoxy groups -OCH3 is 4. The second-order valence-electron chi connectivity index (χ2n) is 7.14. The molecule has 7 nitrogen and oxygen atoms in total. The van der Waals surface area contributed by atoms with Crippen molar-refractivity contribution in [1.82, 2.24) is 5.01 Å². The van der Waals surface area contributed by atoms with E-state index in [4.69, 9.17) is 23.9 Å². The second kappa shape index (κ2) is 9.92. The first-order valence-electron chi connectivity index (χ1n) is 10.7. The molecule has 1 aliphatic rings. The van der Waals surface area contributed by atoms with Gasteiger partial charge in [-0.25, -0.2) is 5.01 Å². The maximum Gasteiger partial charge on any atom is 0.162 e. The first-order valence-corrected chi connectivity index (χ1v) is 10.7. The molecule has 0 amide bonds. The van der Waals surface area contributed by atoms with E-state index in [1.807, 2.05) is 30.3 Å². The molecule has 1 unspecified atom stereocenters. The average Bonchev–Trinajstić information content (AvgIpc) is 2.83. The summed E-state index contributed by atoms with van der Waals surface area (Å²) in [6.07, 6.45) is 0.828. The average molecular weight is 428 g/mol. The van der Waals surface area contributed by atoms with Crippen molar-refractivity contribution in [2.24, 2.45) is 4.99 Å². The number of hydrogen-bond donors (Lipinski definition) is 0. The molecule has 2 aromatic carbocycles. The van der Waals surface area contributed by atoms with E-state index in [-0.39, 0.29) is 6.17 Å². The zero-order valence-electron chi connectivity index (χ0n) is 19.6. The quantitative estimate of drug-likeness (QED) is 0.592. The standard InChI is InChI=1S/C24H33N3O4/c1-8-23-25-24(16-11-12-19(28-4)20(13-16)29-5)17-14-21(30-6)22(31-7)15-18(17)27(23)26(9-2)10-3/h11-15,23H,8-10H2,1-7H3. The predicted molar refractivity (Wildman–Crippen MR) is 124 cm³/mol. The van der Waals surface area contributed by atoms with Gasteiger partial charge in [0.05, 0.1) is 39.8 Å². The molecule has 0 saturated heterocycles. The van der Waals surface area contributed by atoms with Crippen molar-refractivity contribution >= 4 is 11.4 Å². The predicted octanol–water partition coefficient (Wildman–Crippen LogP) is 4.37. The van der Waals surface area contributed by atoms with E-state index in [2.05, 4.69) is 30.8 Å². The molecule has 1 heterocycles. The minimum atomic E-state index is -0.0337. The molecule has 0 radical (unpaired) electrons. The van der Waals surface area contributed by atoms with E-state index in [0.29, 0.717) is 23.0 Å². The third kappa shape index (κ3) is 4.14. The van der Waals surface area contributed by atoms with Gasteiger partial charge in [-0.3, -0.25) is 10.0 Å². The number of rotatable bonds is 9. The van der Waals surface area contributed by atoms with E-state index in [0.717, 1.165) is 42.0 Å². The van der Waals surface area contributed by atoms with Crippen LogP contribution in [0.15, 0.2) is 35.3 Å². The third-order valence-electron chi connectivity index (χ3n) is 5.62. The highest BCUT2D eigenvalue weighted by atomic mass is 16.5. The Morgan fingerprint density at radius 3 is 1.94 bits per heavy atom. The Balaban J connectivity index is 2.27. The van der Waals surface area contributed by atoms with Crippen LogP contribution in [0.2, 0.25) is 0 Å². The summed E-state index contributed by atoms with van der Waals surface area (Å²) in [6.45, 7) is 8.22. The van der Waals surface area contributed by atoms with Crippen LogP contribution in [-0.4, -0.2) is 58.4 Å². The van der Waals surface area contributed by atoms with Crippen LogP contribution in [0.1, 0.15) is 38.3 Å². The van der Waals surface area contributed by atoms with Gasteiger partial charge in [-0.2, -0.15) is 0 Å². The van der Waals surface area contributed by atoms with Crippen LogP contribution in [0.5, 0.6) is 23.0 Å². The van der Waals surface area contributed by atoms with Crippen molar-refractivity contribution in [3.8, 4) is 23.0 Å². The van der Waals surface area contributed by atoms with Crippen LogP contribution in [0.4, 0.5) is 5.69 Å². The van der Waals surface area contributed by atoms with Gasteiger partial charge in [0.15, 0.2) is 23.0 Å². The van der Waals surface area contributed by atoms with Gasteiger partial charge >= 0.3 is 0 Å². The molecule has 0 N–H and O–H groups in total. The Labute approximate surface area is 185 Å². The fraction of sp³-hybridized carbons (Fsp3) is 0.458. The van der Waals surface area contributed by atoms with Crippen molar-refractivity contribution in [3.05, 3.63) is 41.5 Å². The molecular formula is C24H33N3O4. The highest BCUT2D eigenvalue weighted by Crippen LogP contribution is 2.41. The van der Waals surface area contributed by atoms with Gasteiger partial charge in [0, 0.05) is 30.3 Å². The Kier molecular flexibility index (Phi) is 7.28. The lowest BCUT2D eigenvalue weighted by Gasteiger charge is -2.43. The van der Waals surface area contributed by atoms with E-state index >= 15 is 0 Å². The van der Waals surface area contributed by atoms with Crippen LogP contribution >= 0.6 is 0 Å². The Morgan fingerprint density at radius 2 is 1.39 bits per heavy atom. The molecule has 0 fully saturated rings. The van der Waals surface area contributed by atoms with E-state index in [9.17, 15) is 0 Å². The lowest BCUT2D eigenvalue weighted by atomic mass is 9.96. The fourth-order valence-corrected chi connectivity index (χ4v) is 4.03. The second-order valence-corrected chi connectivity index (χ2v) is 7.14. The number of ether oxygens (including phenoxy) is 4. The van der Waals surface area contributed by atoms with Crippen LogP contribution in [0.3, 0.4) is 0 Å². The topological polar surface area (TPSA) is 55.8 Å². The van der Waals surface area contributed by atoms with Gasteiger partial charge in [-0.1, -0.05) is 20.8 Å². The van der Waals surface area contributed by atoms with Crippen LogP contribution in [-0.2, 0) is 0 Å². The van der Waals surface area contributed by atoms with E-state index in [1.54, 1.807) is 28.4 Å². The summed E-state index contributed by atoms with van der Waals surface area (Å²) >= 11 is 0. The highest BCUT2D eigenvalue weighted by Gasteiger charge is 2.32. The van der Waals surface area contributed by atoms with Crippen molar-refractivity contribution in [2.75, 3.05) is 46.5 Å². The molecule has 168 valence electrons. The smallest absolute Gasteiger partial charge is 0.162 e. The zero-order valence-corrected chi connectivity index (χ0v) is 19.6. The molecule has 0 spiro atoms. The minimum Gasteiger partial charge on any atom is -0.493 e. The Bertz CT molecular complexity index is 941. The summed E-state index contributed by atoms with van der Waals surface area (Å²) in [5.74, 6) is 2.72. The SMILES string of the molecule is CCC1N=C(c2ccc(OC)c(OC)c2)c2cc(OC)c(OC)cc2N1N(CC)CC. The minimum absolute atomic E-state index is 0.0337. The van der Waals surface area contributed by atoms with Gasteiger partial charge in [-0.15, -0.1) is 0 Å². The number of nitrogens with zero attached hydrogens (tertiary/aromatic N) is 3. The van der Waals surface area contributed by atoms with Crippen molar-refractivity contribution in [3.63, 3.8) is 0 Å². The summed E-state index contributed by atoms with van der Waals surface area (Å²) in [6, 6.07) is 9.95. The van der Waals surface area contributed by atoms with Crippen molar-refractivity contribution < 1.29 is 18.9 Å². The molecular weight excluding hydrogens is 394 g/mol. The number of hydrazine groups is 1. The van der Waals surface area contributed by atoms with Gasteiger partial charge in [-0.05, 0) is 30.7 Å². The number of anilines is 1. The first kappa shape index (κ1) is 22.7. The lowest BCUT2D eigenvalue weighted by Crippen LogP contribution is -2.50. The highest BCUT2D eigenvalue weighted by molar-refractivity contribution is 6.17. The van der Waals surface area contributed by atoms with Crippen LogP contribution in [0.25, 0.3) is 0 Å². The molecule has 7 heteroatoms. The van der Waals surface area contributed by atoms with E-state index in [1.165, 1.54) is 0 Å².